The minimum absolute atomic E-state index is 0.381. The number of halogens is 1. The SMILES string of the molecule is Cc1ccc(NC(=O)Nc2nc3ccccc3[nH]2)cc1Cl. The Balaban J connectivity index is 1.72. The lowest BCUT2D eigenvalue weighted by molar-refractivity contribution is 0.262. The summed E-state index contributed by atoms with van der Waals surface area (Å²) in [7, 11) is 0. The number of imidazole rings is 1. The summed E-state index contributed by atoms with van der Waals surface area (Å²) in [5.41, 5.74) is 3.25. The largest absolute Gasteiger partial charge is 0.326 e. The number of aromatic nitrogens is 2. The summed E-state index contributed by atoms with van der Waals surface area (Å²) < 4.78 is 0. The first-order valence-corrected chi connectivity index (χ1v) is 6.78. The third kappa shape index (κ3) is 2.98. The highest BCUT2D eigenvalue weighted by molar-refractivity contribution is 6.31. The highest BCUT2D eigenvalue weighted by atomic mass is 35.5. The third-order valence-electron chi connectivity index (χ3n) is 3.05. The predicted molar refractivity (Wildman–Crippen MR) is 84.9 cm³/mol. The van der Waals surface area contributed by atoms with Gasteiger partial charge >= 0.3 is 6.03 Å². The van der Waals surface area contributed by atoms with Gasteiger partial charge in [-0.2, -0.15) is 0 Å². The number of benzene rings is 2. The lowest BCUT2D eigenvalue weighted by Crippen LogP contribution is -2.20. The lowest BCUT2D eigenvalue weighted by atomic mass is 10.2. The van der Waals surface area contributed by atoms with Crippen molar-refractivity contribution in [2.75, 3.05) is 10.6 Å². The number of carbonyl (C=O) groups excluding carboxylic acids is 1. The van der Waals surface area contributed by atoms with Gasteiger partial charge in [0.1, 0.15) is 0 Å². The molecule has 0 aliphatic heterocycles. The van der Waals surface area contributed by atoms with Gasteiger partial charge in [0, 0.05) is 10.7 Å². The number of nitrogens with zero attached hydrogens (tertiary/aromatic N) is 1. The molecular weight excluding hydrogens is 288 g/mol. The van der Waals surface area contributed by atoms with E-state index in [4.69, 9.17) is 11.6 Å². The number of fused-ring (bicyclic) bond motifs is 1. The van der Waals surface area contributed by atoms with Crippen LogP contribution in [-0.4, -0.2) is 16.0 Å². The molecular formula is C15H13ClN4O. The van der Waals surface area contributed by atoms with Crippen molar-refractivity contribution in [2.45, 2.75) is 6.92 Å². The van der Waals surface area contributed by atoms with Crippen molar-refractivity contribution in [2.24, 2.45) is 0 Å². The molecule has 3 rings (SSSR count). The fraction of sp³-hybridized carbons (Fsp3) is 0.0667. The van der Waals surface area contributed by atoms with Gasteiger partial charge in [-0.05, 0) is 36.8 Å². The maximum atomic E-state index is 11.9. The Hall–Kier alpha value is -2.53. The zero-order valence-electron chi connectivity index (χ0n) is 11.3. The van der Waals surface area contributed by atoms with Crippen molar-refractivity contribution >= 4 is 40.3 Å². The Kier molecular flexibility index (Phi) is 3.50. The fourth-order valence-corrected chi connectivity index (χ4v) is 2.13. The molecule has 6 heteroatoms. The van der Waals surface area contributed by atoms with E-state index in [0.29, 0.717) is 16.7 Å². The molecule has 21 heavy (non-hydrogen) atoms. The van der Waals surface area contributed by atoms with Crippen LogP contribution in [0.25, 0.3) is 11.0 Å². The average Bonchev–Trinajstić information content (AvgIpc) is 2.84. The molecule has 3 N–H and O–H groups in total. The van der Waals surface area contributed by atoms with E-state index < -0.39 is 0 Å². The zero-order chi connectivity index (χ0) is 14.8. The van der Waals surface area contributed by atoms with Crippen molar-refractivity contribution in [3.8, 4) is 0 Å². The second-order valence-electron chi connectivity index (χ2n) is 4.65. The minimum Gasteiger partial charge on any atom is -0.324 e. The fourth-order valence-electron chi connectivity index (χ4n) is 1.95. The molecule has 2 amide bonds. The molecule has 0 radical (unpaired) electrons. The molecule has 0 atom stereocenters. The molecule has 2 aromatic carbocycles. The van der Waals surface area contributed by atoms with Gasteiger partial charge in [-0.15, -0.1) is 0 Å². The summed E-state index contributed by atoms with van der Waals surface area (Å²) in [6.07, 6.45) is 0. The van der Waals surface area contributed by atoms with Crippen molar-refractivity contribution in [1.82, 2.24) is 9.97 Å². The summed E-state index contributed by atoms with van der Waals surface area (Å²) >= 11 is 6.02. The third-order valence-corrected chi connectivity index (χ3v) is 3.46. The molecule has 0 aliphatic carbocycles. The van der Waals surface area contributed by atoms with Gasteiger partial charge in [0.05, 0.1) is 11.0 Å². The minimum atomic E-state index is -0.381. The van der Waals surface area contributed by atoms with Gasteiger partial charge in [0.2, 0.25) is 5.95 Å². The summed E-state index contributed by atoms with van der Waals surface area (Å²) in [5, 5.41) is 5.97. The van der Waals surface area contributed by atoms with Gasteiger partial charge in [-0.3, -0.25) is 5.32 Å². The van der Waals surface area contributed by atoms with Crippen LogP contribution in [0.3, 0.4) is 0 Å². The van der Waals surface area contributed by atoms with Crippen LogP contribution in [0.15, 0.2) is 42.5 Å². The molecule has 0 saturated carbocycles. The number of nitrogens with one attached hydrogen (secondary N) is 3. The van der Waals surface area contributed by atoms with Crippen molar-refractivity contribution in [1.29, 1.82) is 0 Å². The zero-order valence-corrected chi connectivity index (χ0v) is 12.0. The number of aromatic amines is 1. The van der Waals surface area contributed by atoms with Gasteiger partial charge < -0.3 is 10.3 Å². The summed E-state index contributed by atoms with van der Waals surface area (Å²) in [6.45, 7) is 1.90. The lowest BCUT2D eigenvalue weighted by Gasteiger charge is -2.06. The molecule has 0 unspecified atom stereocenters. The van der Waals surface area contributed by atoms with Gasteiger partial charge in [0.25, 0.3) is 0 Å². The maximum Gasteiger partial charge on any atom is 0.326 e. The molecule has 106 valence electrons. The van der Waals surface area contributed by atoms with Crippen LogP contribution in [0, 0.1) is 6.92 Å². The Bertz CT molecular complexity index is 779. The van der Waals surface area contributed by atoms with E-state index in [-0.39, 0.29) is 6.03 Å². The summed E-state index contributed by atoms with van der Waals surface area (Å²) in [5.74, 6) is 0.395. The molecule has 0 bridgehead atoms. The molecule has 1 heterocycles. The highest BCUT2D eigenvalue weighted by Crippen LogP contribution is 2.20. The highest BCUT2D eigenvalue weighted by Gasteiger charge is 2.07. The van der Waals surface area contributed by atoms with Gasteiger partial charge in [-0.25, -0.2) is 9.78 Å². The van der Waals surface area contributed by atoms with Crippen molar-refractivity contribution in [3.05, 3.63) is 53.1 Å². The maximum absolute atomic E-state index is 11.9. The van der Waals surface area contributed by atoms with Gasteiger partial charge in [-0.1, -0.05) is 29.8 Å². The monoisotopic (exact) mass is 300 g/mol. The predicted octanol–water partition coefficient (Wildman–Crippen LogP) is 4.17. The van der Waals surface area contributed by atoms with Crippen LogP contribution in [0.2, 0.25) is 5.02 Å². The van der Waals surface area contributed by atoms with E-state index in [1.807, 2.05) is 37.3 Å². The molecule has 3 aromatic rings. The molecule has 0 spiro atoms. The van der Waals surface area contributed by atoms with Crippen LogP contribution in [0.4, 0.5) is 16.4 Å². The van der Waals surface area contributed by atoms with Gasteiger partial charge in [0.15, 0.2) is 0 Å². The van der Waals surface area contributed by atoms with E-state index in [9.17, 15) is 4.79 Å². The number of para-hydroxylation sites is 2. The number of hydrogen-bond donors (Lipinski definition) is 3. The first-order chi connectivity index (χ1) is 10.1. The van der Waals surface area contributed by atoms with E-state index in [2.05, 4.69) is 20.6 Å². The second-order valence-corrected chi connectivity index (χ2v) is 5.05. The van der Waals surface area contributed by atoms with E-state index in [1.165, 1.54) is 0 Å². The molecule has 0 aliphatic rings. The van der Waals surface area contributed by atoms with Crippen molar-refractivity contribution < 1.29 is 4.79 Å². The molecule has 5 nitrogen and oxygen atoms in total. The Morgan fingerprint density at radius 1 is 1.19 bits per heavy atom. The first kappa shape index (κ1) is 13.5. The average molecular weight is 301 g/mol. The van der Waals surface area contributed by atoms with Crippen molar-refractivity contribution in [3.63, 3.8) is 0 Å². The summed E-state index contributed by atoms with van der Waals surface area (Å²) in [6, 6.07) is 12.5. The first-order valence-electron chi connectivity index (χ1n) is 6.41. The number of urea groups is 1. The number of carbonyl (C=O) groups is 1. The van der Waals surface area contributed by atoms with Crippen LogP contribution in [0.5, 0.6) is 0 Å². The normalized spacial score (nSPS) is 10.6. The van der Waals surface area contributed by atoms with Crippen LogP contribution >= 0.6 is 11.6 Å². The Morgan fingerprint density at radius 3 is 2.76 bits per heavy atom. The number of amides is 2. The second kappa shape index (κ2) is 5.46. The van der Waals surface area contributed by atoms with Crippen LogP contribution in [0.1, 0.15) is 5.56 Å². The van der Waals surface area contributed by atoms with Crippen LogP contribution < -0.4 is 10.6 Å². The number of anilines is 2. The Morgan fingerprint density at radius 2 is 2.00 bits per heavy atom. The standard InChI is InChI=1S/C15H13ClN4O/c1-9-6-7-10(8-11(9)16)17-15(21)20-14-18-12-4-2-3-5-13(12)19-14/h2-8H,1H3,(H3,17,18,19,20,21). The van der Waals surface area contributed by atoms with E-state index >= 15 is 0 Å². The van der Waals surface area contributed by atoms with E-state index in [0.717, 1.165) is 16.6 Å². The number of rotatable bonds is 2. The van der Waals surface area contributed by atoms with E-state index in [1.54, 1.807) is 12.1 Å². The number of aryl methyl sites for hydroxylation is 1. The Labute approximate surface area is 126 Å². The quantitative estimate of drug-likeness (QED) is 0.665. The molecule has 1 aromatic heterocycles. The number of hydrogen-bond acceptors (Lipinski definition) is 2. The van der Waals surface area contributed by atoms with Crippen LogP contribution in [-0.2, 0) is 0 Å². The molecule has 0 saturated heterocycles. The smallest absolute Gasteiger partial charge is 0.324 e. The topological polar surface area (TPSA) is 69.8 Å². The number of H-pyrrole nitrogens is 1. The summed E-state index contributed by atoms with van der Waals surface area (Å²) in [4.78, 5) is 19.2. The molecule has 0 fully saturated rings.